The molecule has 0 radical (unpaired) electrons. The van der Waals surface area contributed by atoms with E-state index in [0.29, 0.717) is 23.7 Å². The third kappa shape index (κ3) is 6.58. The fraction of sp³-hybridized carbons (Fsp3) is 0.0769. The van der Waals surface area contributed by atoms with Crippen molar-refractivity contribution in [1.29, 1.82) is 0 Å². The van der Waals surface area contributed by atoms with E-state index in [2.05, 4.69) is 20.3 Å². The normalized spacial score (nSPS) is 11.4. The van der Waals surface area contributed by atoms with Crippen LogP contribution in [-0.2, 0) is 23.7 Å². The third-order valence-electron chi connectivity index (χ3n) is 4.94. The van der Waals surface area contributed by atoms with E-state index in [-0.39, 0.29) is 6.03 Å². The number of pyridine rings is 1. The van der Waals surface area contributed by atoms with E-state index in [0.717, 1.165) is 22.3 Å². The summed E-state index contributed by atoms with van der Waals surface area (Å²) in [5, 5.41) is 5.57. The SMILES string of the molecule is O=C(NCc1cccnc1)Nc1ccc(N[S+]([O-])Cc2ccccc2-c2ccccc2)cc1. The molecule has 1 heterocycles. The molecule has 33 heavy (non-hydrogen) atoms. The molecule has 0 spiro atoms. The second-order valence-electron chi connectivity index (χ2n) is 7.36. The number of rotatable bonds is 8. The number of aromatic nitrogens is 1. The van der Waals surface area contributed by atoms with Crippen LogP contribution in [0.25, 0.3) is 11.1 Å². The van der Waals surface area contributed by atoms with Gasteiger partial charge < -0.3 is 15.2 Å². The molecular formula is C26H24N4O2S. The topological polar surface area (TPSA) is 89.1 Å². The Morgan fingerprint density at radius 1 is 0.848 bits per heavy atom. The van der Waals surface area contributed by atoms with Gasteiger partial charge in [0, 0.05) is 30.2 Å². The molecule has 1 unspecified atom stereocenters. The van der Waals surface area contributed by atoms with E-state index >= 15 is 0 Å². The highest BCUT2D eigenvalue weighted by molar-refractivity contribution is 7.91. The average molecular weight is 457 g/mol. The quantitative estimate of drug-likeness (QED) is 0.312. The van der Waals surface area contributed by atoms with Gasteiger partial charge in [0.1, 0.15) is 0 Å². The van der Waals surface area contributed by atoms with Crippen LogP contribution in [0.15, 0.2) is 103 Å². The predicted molar refractivity (Wildman–Crippen MR) is 134 cm³/mol. The molecule has 3 aromatic carbocycles. The van der Waals surface area contributed by atoms with Gasteiger partial charge in [-0.2, -0.15) is 0 Å². The Kier molecular flexibility index (Phi) is 7.58. The van der Waals surface area contributed by atoms with Crippen LogP contribution in [0.4, 0.5) is 16.2 Å². The van der Waals surface area contributed by atoms with Crippen molar-refractivity contribution >= 4 is 28.8 Å². The summed E-state index contributed by atoms with van der Waals surface area (Å²) in [5.41, 5.74) is 5.46. The van der Waals surface area contributed by atoms with Crippen molar-refractivity contribution < 1.29 is 9.35 Å². The van der Waals surface area contributed by atoms with Crippen LogP contribution in [0.5, 0.6) is 0 Å². The first kappa shape index (κ1) is 22.4. The molecule has 6 nitrogen and oxygen atoms in total. The Hall–Kier alpha value is -3.81. The lowest BCUT2D eigenvalue weighted by Gasteiger charge is -2.15. The lowest BCUT2D eigenvalue weighted by Crippen LogP contribution is -2.28. The van der Waals surface area contributed by atoms with Crippen LogP contribution >= 0.6 is 0 Å². The molecular weight excluding hydrogens is 432 g/mol. The summed E-state index contributed by atoms with van der Waals surface area (Å²) < 4.78 is 15.8. The van der Waals surface area contributed by atoms with Crippen molar-refractivity contribution in [3.63, 3.8) is 0 Å². The van der Waals surface area contributed by atoms with Gasteiger partial charge in [0.2, 0.25) is 0 Å². The average Bonchev–Trinajstić information content (AvgIpc) is 2.85. The van der Waals surface area contributed by atoms with Gasteiger partial charge >= 0.3 is 6.03 Å². The number of hydrogen-bond acceptors (Lipinski definition) is 4. The molecule has 3 N–H and O–H groups in total. The maximum absolute atomic E-state index is 12.8. The molecule has 166 valence electrons. The van der Waals surface area contributed by atoms with Gasteiger partial charge in [-0.05, 0) is 47.0 Å². The van der Waals surface area contributed by atoms with Crippen LogP contribution in [0, 0.1) is 0 Å². The fourth-order valence-corrected chi connectivity index (χ4v) is 4.34. The summed E-state index contributed by atoms with van der Waals surface area (Å²) in [6.45, 7) is 0.392. The number of urea groups is 1. The minimum Gasteiger partial charge on any atom is -0.593 e. The highest BCUT2D eigenvalue weighted by atomic mass is 32.2. The number of amides is 2. The molecule has 1 atom stereocenters. The molecule has 4 rings (SSSR count). The third-order valence-corrected chi connectivity index (χ3v) is 5.98. The highest BCUT2D eigenvalue weighted by Gasteiger charge is 2.13. The van der Waals surface area contributed by atoms with E-state index in [1.807, 2.05) is 66.7 Å². The first-order valence-electron chi connectivity index (χ1n) is 10.5. The van der Waals surface area contributed by atoms with Crippen molar-refractivity contribution in [2.24, 2.45) is 0 Å². The number of benzene rings is 3. The van der Waals surface area contributed by atoms with E-state index in [4.69, 9.17) is 0 Å². The smallest absolute Gasteiger partial charge is 0.319 e. The minimum atomic E-state index is -1.30. The van der Waals surface area contributed by atoms with Crippen LogP contribution < -0.4 is 15.4 Å². The van der Waals surface area contributed by atoms with Gasteiger partial charge in [-0.15, -0.1) is 0 Å². The van der Waals surface area contributed by atoms with Gasteiger partial charge in [0.15, 0.2) is 5.75 Å². The molecule has 0 aliphatic carbocycles. The van der Waals surface area contributed by atoms with Crippen molar-refractivity contribution in [2.75, 3.05) is 10.0 Å². The van der Waals surface area contributed by atoms with Gasteiger partial charge in [-0.25, -0.2) is 9.52 Å². The Morgan fingerprint density at radius 3 is 2.33 bits per heavy atom. The zero-order valence-corrected chi connectivity index (χ0v) is 18.7. The molecule has 0 fully saturated rings. The molecule has 0 aliphatic heterocycles. The van der Waals surface area contributed by atoms with E-state index in [1.165, 1.54) is 0 Å². The standard InChI is InChI=1S/C26H24N4O2S/c31-26(28-18-20-7-6-16-27-17-20)29-23-12-14-24(15-13-23)30-33(32)19-22-10-4-5-11-25(22)21-8-2-1-3-9-21/h1-17,30H,18-19H2,(H2,28,29,31). The predicted octanol–water partition coefficient (Wildman–Crippen LogP) is 5.35. The molecule has 0 bridgehead atoms. The van der Waals surface area contributed by atoms with Crippen LogP contribution in [0.1, 0.15) is 11.1 Å². The van der Waals surface area contributed by atoms with Crippen LogP contribution in [0.2, 0.25) is 0 Å². The van der Waals surface area contributed by atoms with E-state index in [1.54, 1.807) is 36.7 Å². The van der Waals surface area contributed by atoms with E-state index < -0.39 is 11.4 Å². The van der Waals surface area contributed by atoms with Crippen molar-refractivity contribution in [3.8, 4) is 11.1 Å². The Bertz CT molecular complexity index is 1170. The lowest BCUT2D eigenvalue weighted by molar-refractivity contribution is 0.251. The first-order valence-corrected chi connectivity index (χ1v) is 11.8. The maximum Gasteiger partial charge on any atom is 0.319 e. The van der Waals surface area contributed by atoms with Gasteiger partial charge in [-0.3, -0.25) is 4.98 Å². The molecule has 1 aromatic heterocycles. The molecule has 4 aromatic rings. The Morgan fingerprint density at radius 2 is 1.58 bits per heavy atom. The number of hydrogen-bond donors (Lipinski definition) is 3. The minimum absolute atomic E-state index is 0.305. The van der Waals surface area contributed by atoms with E-state index in [9.17, 15) is 9.35 Å². The lowest BCUT2D eigenvalue weighted by atomic mass is 10.0. The van der Waals surface area contributed by atoms with Gasteiger partial charge in [-0.1, -0.05) is 60.7 Å². The fourth-order valence-electron chi connectivity index (χ4n) is 3.34. The number of carbonyl (C=O) groups is 1. The van der Waals surface area contributed by atoms with Crippen LogP contribution in [-0.4, -0.2) is 15.6 Å². The summed E-state index contributed by atoms with van der Waals surface area (Å²) in [5.74, 6) is 0.377. The highest BCUT2D eigenvalue weighted by Crippen LogP contribution is 2.25. The van der Waals surface area contributed by atoms with Crippen molar-refractivity contribution in [1.82, 2.24) is 10.3 Å². The summed E-state index contributed by atoms with van der Waals surface area (Å²) in [4.78, 5) is 16.1. The number of carbonyl (C=O) groups excluding carboxylic acids is 1. The zero-order chi connectivity index (χ0) is 22.9. The molecule has 7 heteroatoms. The second kappa shape index (κ2) is 11.2. The molecule has 0 aliphatic rings. The molecule has 0 saturated heterocycles. The summed E-state index contributed by atoms with van der Waals surface area (Å²) in [6, 6.07) is 28.6. The zero-order valence-electron chi connectivity index (χ0n) is 17.9. The van der Waals surface area contributed by atoms with Gasteiger partial charge in [0.25, 0.3) is 0 Å². The van der Waals surface area contributed by atoms with Crippen LogP contribution in [0.3, 0.4) is 0 Å². The molecule has 2 amide bonds. The number of nitrogens with one attached hydrogen (secondary N) is 3. The summed E-state index contributed by atoms with van der Waals surface area (Å²) in [7, 11) is 0. The number of anilines is 2. The second-order valence-corrected chi connectivity index (χ2v) is 8.55. The maximum atomic E-state index is 12.8. The molecule has 0 saturated carbocycles. The largest absolute Gasteiger partial charge is 0.593 e. The first-order chi connectivity index (χ1) is 16.2. The number of nitrogens with zero attached hydrogens (tertiary/aromatic N) is 1. The van der Waals surface area contributed by atoms with Gasteiger partial charge in [0.05, 0.1) is 17.0 Å². The summed E-state index contributed by atoms with van der Waals surface area (Å²) in [6.07, 6.45) is 3.40. The Labute approximate surface area is 196 Å². The Balaban J connectivity index is 1.31. The summed E-state index contributed by atoms with van der Waals surface area (Å²) >= 11 is -1.30. The van der Waals surface area contributed by atoms with Crippen molar-refractivity contribution in [3.05, 3.63) is 115 Å². The monoisotopic (exact) mass is 456 g/mol. The van der Waals surface area contributed by atoms with Crippen molar-refractivity contribution in [2.45, 2.75) is 12.3 Å².